The van der Waals surface area contributed by atoms with Crippen LogP contribution in [0.1, 0.15) is 31.9 Å². The van der Waals surface area contributed by atoms with Crippen LogP contribution in [0.25, 0.3) is 0 Å². The molecule has 1 aromatic rings. The monoisotopic (exact) mass is 254 g/mol. The van der Waals surface area contributed by atoms with Crippen molar-refractivity contribution in [1.82, 2.24) is 10.6 Å². The minimum absolute atomic E-state index is 0.0192. The van der Waals surface area contributed by atoms with Crippen molar-refractivity contribution in [2.45, 2.75) is 26.3 Å². The van der Waals surface area contributed by atoms with Crippen LogP contribution < -0.4 is 10.6 Å². The van der Waals surface area contributed by atoms with Crippen LogP contribution in [0.2, 0.25) is 5.02 Å². The van der Waals surface area contributed by atoms with Crippen LogP contribution in [0.5, 0.6) is 0 Å². The number of hydrogen-bond donors (Lipinski definition) is 2. The Hall–Kier alpha value is -1.06. The third kappa shape index (κ3) is 4.75. The molecule has 0 radical (unpaired) electrons. The lowest BCUT2D eigenvalue weighted by atomic mass is 10.1. The van der Waals surface area contributed by atoms with Gasteiger partial charge in [-0.1, -0.05) is 36.7 Å². The van der Waals surface area contributed by atoms with Gasteiger partial charge in [0.2, 0.25) is 5.91 Å². The molecular formula is C13H19ClN2O. The lowest BCUT2D eigenvalue weighted by Gasteiger charge is -2.15. The number of amides is 1. The Balaban J connectivity index is 2.42. The Morgan fingerprint density at radius 2 is 2.12 bits per heavy atom. The molecule has 0 unspecified atom stereocenters. The van der Waals surface area contributed by atoms with Gasteiger partial charge in [-0.15, -0.1) is 0 Å². The van der Waals surface area contributed by atoms with Crippen molar-refractivity contribution in [1.29, 1.82) is 0 Å². The van der Waals surface area contributed by atoms with Crippen molar-refractivity contribution in [3.05, 3.63) is 34.9 Å². The summed E-state index contributed by atoms with van der Waals surface area (Å²) in [7, 11) is 0. The van der Waals surface area contributed by atoms with Gasteiger partial charge in [0.25, 0.3) is 0 Å². The highest BCUT2D eigenvalue weighted by molar-refractivity contribution is 6.31. The van der Waals surface area contributed by atoms with Crippen LogP contribution in [-0.2, 0) is 4.79 Å². The molecule has 0 saturated carbocycles. The van der Waals surface area contributed by atoms with Gasteiger partial charge in [0, 0.05) is 17.6 Å². The number of rotatable bonds is 6. The second-order valence-electron chi connectivity index (χ2n) is 3.97. The summed E-state index contributed by atoms with van der Waals surface area (Å²) in [5, 5.41) is 6.69. The molecule has 0 heterocycles. The van der Waals surface area contributed by atoms with E-state index in [1.807, 2.05) is 38.1 Å². The molecule has 0 aliphatic rings. The Bertz CT molecular complexity index is 368. The third-order valence-corrected chi connectivity index (χ3v) is 2.86. The van der Waals surface area contributed by atoms with E-state index in [2.05, 4.69) is 10.6 Å². The first kappa shape index (κ1) is 14.0. The summed E-state index contributed by atoms with van der Waals surface area (Å²) in [5.74, 6) is 0.0192. The smallest absolute Gasteiger partial charge is 0.233 e. The molecule has 0 bridgehead atoms. The van der Waals surface area contributed by atoms with Gasteiger partial charge in [-0.25, -0.2) is 0 Å². The zero-order valence-corrected chi connectivity index (χ0v) is 11.1. The summed E-state index contributed by atoms with van der Waals surface area (Å²) in [5.41, 5.74) is 1.01. The van der Waals surface area contributed by atoms with Gasteiger partial charge in [-0.2, -0.15) is 0 Å². The fraction of sp³-hybridized carbons (Fsp3) is 0.462. The molecule has 17 heavy (non-hydrogen) atoms. The van der Waals surface area contributed by atoms with Crippen molar-refractivity contribution < 1.29 is 4.79 Å². The highest BCUT2D eigenvalue weighted by atomic mass is 35.5. The summed E-state index contributed by atoms with van der Waals surface area (Å²) in [4.78, 5) is 11.4. The number of nitrogens with one attached hydrogen (secondary N) is 2. The van der Waals surface area contributed by atoms with Gasteiger partial charge >= 0.3 is 0 Å². The summed E-state index contributed by atoms with van der Waals surface area (Å²) in [6, 6.07) is 7.72. The van der Waals surface area contributed by atoms with Gasteiger partial charge in [0.05, 0.1) is 6.54 Å². The van der Waals surface area contributed by atoms with E-state index < -0.39 is 0 Å². The Morgan fingerprint density at radius 1 is 1.41 bits per heavy atom. The molecule has 0 aliphatic heterocycles. The largest absolute Gasteiger partial charge is 0.355 e. The Labute approximate surface area is 108 Å². The van der Waals surface area contributed by atoms with E-state index in [0.29, 0.717) is 6.54 Å². The second-order valence-corrected chi connectivity index (χ2v) is 4.38. The van der Waals surface area contributed by atoms with Crippen LogP contribution >= 0.6 is 11.6 Å². The van der Waals surface area contributed by atoms with Crippen molar-refractivity contribution in [3.63, 3.8) is 0 Å². The maximum absolute atomic E-state index is 11.4. The number of carbonyl (C=O) groups excluding carboxylic acids is 1. The van der Waals surface area contributed by atoms with Gasteiger partial charge < -0.3 is 10.6 Å². The van der Waals surface area contributed by atoms with E-state index in [1.54, 1.807) is 0 Å². The molecule has 3 nitrogen and oxygen atoms in total. The zero-order chi connectivity index (χ0) is 12.7. The molecule has 2 N–H and O–H groups in total. The second kappa shape index (κ2) is 7.30. The van der Waals surface area contributed by atoms with E-state index in [0.717, 1.165) is 23.6 Å². The lowest BCUT2D eigenvalue weighted by molar-refractivity contribution is -0.120. The zero-order valence-electron chi connectivity index (χ0n) is 10.3. The van der Waals surface area contributed by atoms with E-state index in [9.17, 15) is 4.79 Å². The first-order chi connectivity index (χ1) is 8.15. The first-order valence-corrected chi connectivity index (χ1v) is 6.27. The van der Waals surface area contributed by atoms with E-state index >= 15 is 0 Å². The molecular weight excluding hydrogens is 236 g/mol. The Kier molecular flexibility index (Phi) is 6.01. The van der Waals surface area contributed by atoms with Gasteiger partial charge in [0.1, 0.15) is 0 Å². The number of hydrogen-bond acceptors (Lipinski definition) is 2. The molecule has 1 amide bonds. The molecule has 1 atom stereocenters. The standard InChI is InChI=1S/C13H19ClN2O/c1-3-8-15-13(17)9-16-10(2)11-6-4-5-7-12(11)14/h4-7,10,16H,3,8-9H2,1-2H3,(H,15,17)/t10-/m1/s1. The van der Waals surface area contributed by atoms with E-state index in [-0.39, 0.29) is 11.9 Å². The first-order valence-electron chi connectivity index (χ1n) is 5.89. The van der Waals surface area contributed by atoms with Crippen LogP contribution in [0, 0.1) is 0 Å². The van der Waals surface area contributed by atoms with Crippen LogP contribution in [0.4, 0.5) is 0 Å². The molecule has 1 rings (SSSR count). The van der Waals surface area contributed by atoms with Crippen LogP contribution in [-0.4, -0.2) is 19.0 Å². The highest BCUT2D eigenvalue weighted by Gasteiger charge is 2.09. The summed E-state index contributed by atoms with van der Waals surface area (Å²) in [6.07, 6.45) is 0.950. The number of halogens is 1. The number of carbonyl (C=O) groups is 1. The van der Waals surface area contributed by atoms with E-state index in [1.165, 1.54) is 0 Å². The third-order valence-electron chi connectivity index (χ3n) is 2.51. The van der Waals surface area contributed by atoms with Gasteiger partial charge in [-0.05, 0) is 25.0 Å². The molecule has 0 fully saturated rings. The molecule has 1 aromatic carbocycles. The molecule has 0 aliphatic carbocycles. The minimum atomic E-state index is 0.0192. The van der Waals surface area contributed by atoms with Crippen molar-refractivity contribution >= 4 is 17.5 Å². The maximum atomic E-state index is 11.4. The predicted octanol–water partition coefficient (Wildman–Crippen LogP) is 2.52. The maximum Gasteiger partial charge on any atom is 0.233 e. The van der Waals surface area contributed by atoms with Crippen molar-refractivity contribution in [2.75, 3.05) is 13.1 Å². The van der Waals surface area contributed by atoms with Gasteiger partial charge in [0.15, 0.2) is 0 Å². The molecule has 94 valence electrons. The lowest BCUT2D eigenvalue weighted by Crippen LogP contribution is -2.35. The Morgan fingerprint density at radius 3 is 2.76 bits per heavy atom. The normalized spacial score (nSPS) is 12.2. The molecule has 4 heteroatoms. The van der Waals surface area contributed by atoms with Crippen molar-refractivity contribution in [2.24, 2.45) is 0 Å². The topological polar surface area (TPSA) is 41.1 Å². The summed E-state index contributed by atoms with van der Waals surface area (Å²) < 4.78 is 0. The molecule has 0 saturated heterocycles. The molecule has 0 aromatic heterocycles. The van der Waals surface area contributed by atoms with E-state index in [4.69, 9.17) is 11.6 Å². The minimum Gasteiger partial charge on any atom is -0.355 e. The SMILES string of the molecule is CCCNC(=O)CN[C@H](C)c1ccccc1Cl. The molecule has 0 spiro atoms. The van der Waals surface area contributed by atoms with Gasteiger partial charge in [-0.3, -0.25) is 4.79 Å². The summed E-state index contributed by atoms with van der Waals surface area (Å²) >= 11 is 6.08. The highest BCUT2D eigenvalue weighted by Crippen LogP contribution is 2.21. The number of benzene rings is 1. The van der Waals surface area contributed by atoms with Crippen LogP contribution in [0.3, 0.4) is 0 Å². The fourth-order valence-corrected chi connectivity index (χ4v) is 1.81. The quantitative estimate of drug-likeness (QED) is 0.819. The average Bonchev–Trinajstić information content (AvgIpc) is 2.34. The van der Waals surface area contributed by atoms with Crippen LogP contribution in [0.15, 0.2) is 24.3 Å². The average molecular weight is 255 g/mol. The fourth-order valence-electron chi connectivity index (χ4n) is 1.51. The van der Waals surface area contributed by atoms with Crippen molar-refractivity contribution in [3.8, 4) is 0 Å². The predicted molar refractivity (Wildman–Crippen MR) is 71.2 cm³/mol. The summed E-state index contributed by atoms with van der Waals surface area (Å²) in [6.45, 7) is 5.06.